The quantitative estimate of drug-likeness (QED) is 0.336. The van der Waals surface area contributed by atoms with E-state index < -0.39 is 5.41 Å². The molecule has 0 spiro atoms. The molecule has 8 heteroatoms. The van der Waals surface area contributed by atoms with Crippen molar-refractivity contribution in [1.82, 2.24) is 4.98 Å². The molecule has 2 unspecified atom stereocenters. The standard InChI is InChI=1S/C30H33N3O5/c1-4-19(17-35-2)28(31)27(20-6-5-7-23(14-20)36-3)21-8-11-26(32-16-21)33-29(34)30(12-13-30)22-9-10-24-25(15-22)38-18-37-24/h5-11,14-16,19,27,31H,4,12-13,17-18H2,1-3H3,(H,32,33,34). The molecule has 2 aromatic carbocycles. The maximum Gasteiger partial charge on any atom is 0.236 e. The number of fused-ring (bicyclic) bond motifs is 1. The van der Waals surface area contributed by atoms with Gasteiger partial charge >= 0.3 is 0 Å². The zero-order chi connectivity index (χ0) is 26.7. The summed E-state index contributed by atoms with van der Waals surface area (Å²) in [7, 11) is 3.29. The van der Waals surface area contributed by atoms with E-state index in [0.29, 0.717) is 29.6 Å². The first-order valence-electron chi connectivity index (χ1n) is 12.9. The van der Waals surface area contributed by atoms with Crippen LogP contribution in [-0.4, -0.2) is 44.2 Å². The summed E-state index contributed by atoms with van der Waals surface area (Å²) < 4.78 is 21.8. The van der Waals surface area contributed by atoms with Gasteiger partial charge in [-0.15, -0.1) is 0 Å². The lowest BCUT2D eigenvalue weighted by Gasteiger charge is -2.25. The van der Waals surface area contributed by atoms with Gasteiger partial charge in [0.25, 0.3) is 0 Å². The highest BCUT2D eigenvalue weighted by Crippen LogP contribution is 2.51. The molecule has 0 radical (unpaired) electrons. The highest BCUT2D eigenvalue weighted by Gasteiger charge is 2.51. The van der Waals surface area contributed by atoms with E-state index in [9.17, 15) is 4.79 Å². The van der Waals surface area contributed by atoms with Crippen molar-refractivity contribution < 1.29 is 23.7 Å². The Hall–Kier alpha value is -3.91. The van der Waals surface area contributed by atoms with Gasteiger partial charge in [-0.1, -0.05) is 31.2 Å². The minimum absolute atomic E-state index is 0.0352. The number of anilines is 1. The molecule has 2 aliphatic rings. The summed E-state index contributed by atoms with van der Waals surface area (Å²) in [5.74, 6) is 2.15. The molecule has 3 aromatic rings. The number of amides is 1. The minimum atomic E-state index is -0.582. The third kappa shape index (κ3) is 4.96. The van der Waals surface area contributed by atoms with Crippen LogP contribution in [0.4, 0.5) is 5.82 Å². The first-order valence-corrected chi connectivity index (χ1v) is 12.9. The van der Waals surface area contributed by atoms with Gasteiger partial charge in [0.15, 0.2) is 11.5 Å². The summed E-state index contributed by atoms with van der Waals surface area (Å²) in [6, 6.07) is 17.2. The lowest BCUT2D eigenvalue weighted by Crippen LogP contribution is -2.28. The van der Waals surface area contributed by atoms with Crippen molar-refractivity contribution in [2.45, 2.75) is 37.5 Å². The molecule has 1 aliphatic heterocycles. The Morgan fingerprint density at radius 1 is 1.08 bits per heavy atom. The predicted octanol–water partition coefficient (Wildman–Crippen LogP) is 5.31. The maximum atomic E-state index is 13.3. The van der Waals surface area contributed by atoms with Gasteiger partial charge in [0, 0.05) is 30.9 Å². The van der Waals surface area contributed by atoms with Gasteiger partial charge in [-0.2, -0.15) is 0 Å². The molecule has 1 aromatic heterocycles. The van der Waals surface area contributed by atoms with Crippen LogP contribution < -0.4 is 19.5 Å². The van der Waals surface area contributed by atoms with Crippen LogP contribution in [0.25, 0.3) is 0 Å². The second kappa shape index (κ2) is 10.8. The Bertz CT molecular complexity index is 1320. The lowest BCUT2D eigenvalue weighted by atomic mass is 9.81. The Kier molecular flexibility index (Phi) is 7.33. The van der Waals surface area contributed by atoms with Crippen LogP contribution in [0.15, 0.2) is 60.8 Å². The molecule has 1 aliphatic carbocycles. The Labute approximate surface area is 222 Å². The van der Waals surface area contributed by atoms with E-state index in [-0.39, 0.29) is 24.5 Å². The van der Waals surface area contributed by atoms with Crippen molar-refractivity contribution in [2.75, 3.05) is 32.9 Å². The third-order valence-corrected chi connectivity index (χ3v) is 7.51. The molecule has 0 bridgehead atoms. The first kappa shape index (κ1) is 25.7. The first-order chi connectivity index (χ1) is 18.5. The predicted molar refractivity (Wildman–Crippen MR) is 145 cm³/mol. The SMILES string of the molecule is CCC(COC)C(=N)C(c1ccc(NC(=O)C2(c3ccc4c(c3)OCO4)CC2)nc1)c1cccc(OC)c1. The fraction of sp³-hybridized carbons (Fsp3) is 0.367. The molecule has 198 valence electrons. The van der Waals surface area contributed by atoms with Crippen LogP contribution in [0.2, 0.25) is 0 Å². The number of ether oxygens (including phenoxy) is 4. The summed E-state index contributed by atoms with van der Waals surface area (Å²) in [5, 5.41) is 12.1. The maximum absolute atomic E-state index is 13.3. The second-order valence-corrected chi connectivity index (χ2v) is 9.81. The van der Waals surface area contributed by atoms with Crippen LogP contribution in [-0.2, 0) is 14.9 Å². The zero-order valence-corrected chi connectivity index (χ0v) is 22.0. The van der Waals surface area contributed by atoms with Crippen LogP contribution in [0.5, 0.6) is 17.2 Å². The number of rotatable bonds is 11. The molecule has 2 N–H and O–H groups in total. The molecule has 1 fully saturated rings. The number of carbonyl (C=O) groups excluding carboxylic acids is 1. The number of carbonyl (C=O) groups is 1. The molecule has 5 rings (SSSR count). The van der Waals surface area contributed by atoms with Crippen molar-refractivity contribution in [3.05, 3.63) is 77.5 Å². The molecule has 2 heterocycles. The van der Waals surface area contributed by atoms with E-state index in [2.05, 4.69) is 17.2 Å². The monoisotopic (exact) mass is 515 g/mol. The molecule has 8 nitrogen and oxygen atoms in total. The van der Waals surface area contributed by atoms with Gasteiger partial charge in [-0.25, -0.2) is 4.98 Å². The smallest absolute Gasteiger partial charge is 0.236 e. The van der Waals surface area contributed by atoms with Crippen LogP contribution in [0.3, 0.4) is 0 Å². The van der Waals surface area contributed by atoms with Gasteiger partial charge in [0.05, 0.1) is 19.1 Å². The van der Waals surface area contributed by atoms with E-state index >= 15 is 0 Å². The zero-order valence-electron chi connectivity index (χ0n) is 22.0. The highest BCUT2D eigenvalue weighted by molar-refractivity contribution is 6.01. The number of benzene rings is 2. The van der Waals surface area contributed by atoms with E-state index in [1.165, 1.54) is 0 Å². The topological polar surface area (TPSA) is 103 Å². The minimum Gasteiger partial charge on any atom is -0.497 e. The summed E-state index contributed by atoms with van der Waals surface area (Å²) in [4.78, 5) is 17.9. The second-order valence-electron chi connectivity index (χ2n) is 9.81. The summed E-state index contributed by atoms with van der Waals surface area (Å²) in [6.45, 7) is 2.73. The molecular formula is C30H33N3O5. The van der Waals surface area contributed by atoms with Crippen LogP contribution in [0, 0.1) is 11.3 Å². The fourth-order valence-corrected chi connectivity index (χ4v) is 5.09. The largest absolute Gasteiger partial charge is 0.497 e. The highest BCUT2D eigenvalue weighted by atomic mass is 16.7. The van der Waals surface area contributed by atoms with Gasteiger partial charge in [-0.3, -0.25) is 4.79 Å². The molecular weight excluding hydrogens is 482 g/mol. The lowest BCUT2D eigenvalue weighted by molar-refractivity contribution is -0.118. The van der Waals surface area contributed by atoms with Crippen molar-refractivity contribution in [3.8, 4) is 17.2 Å². The Balaban J connectivity index is 1.38. The van der Waals surface area contributed by atoms with Gasteiger partial charge in [-0.05, 0) is 66.3 Å². The summed E-state index contributed by atoms with van der Waals surface area (Å²) >= 11 is 0. The molecule has 1 amide bonds. The number of hydrogen-bond donors (Lipinski definition) is 2. The number of pyridine rings is 1. The number of hydrogen-bond acceptors (Lipinski definition) is 7. The van der Waals surface area contributed by atoms with Crippen LogP contribution in [0.1, 0.15) is 48.8 Å². The van der Waals surface area contributed by atoms with Crippen LogP contribution >= 0.6 is 0 Å². The van der Waals surface area contributed by atoms with Gasteiger partial charge < -0.3 is 29.7 Å². The van der Waals surface area contributed by atoms with Crippen molar-refractivity contribution in [1.29, 1.82) is 5.41 Å². The average Bonchev–Trinajstić information content (AvgIpc) is 3.63. The normalized spacial score (nSPS) is 16.4. The molecule has 1 saturated carbocycles. The number of nitrogens with zero attached hydrogens (tertiary/aromatic N) is 1. The van der Waals surface area contributed by atoms with Gasteiger partial charge in [0.2, 0.25) is 12.7 Å². The van der Waals surface area contributed by atoms with E-state index in [1.54, 1.807) is 26.5 Å². The molecule has 2 atom stereocenters. The van der Waals surface area contributed by atoms with E-state index in [4.69, 9.17) is 24.4 Å². The fourth-order valence-electron chi connectivity index (χ4n) is 5.09. The number of methoxy groups -OCH3 is 2. The number of aromatic nitrogens is 1. The Morgan fingerprint density at radius 2 is 1.89 bits per heavy atom. The number of nitrogens with one attached hydrogen (secondary N) is 2. The van der Waals surface area contributed by atoms with Crippen molar-refractivity contribution in [3.63, 3.8) is 0 Å². The van der Waals surface area contributed by atoms with Crippen molar-refractivity contribution in [2.24, 2.45) is 5.92 Å². The average molecular weight is 516 g/mol. The summed E-state index contributed by atoms with van der Waals surface area (Å²) in [5.41, 5.74) is 2.71. The molecule has 0 saturated heterocycles. The van der Waals surface area contributed by atoms with E-state index in [0.717, 1.165) is 41.7 Å². The summed E-state index contributed by atoms with van der Waals surface area (Å²) in [6.07, 6.45) is 4.07. The third-order valence-electron chi connectivity index (χ3n) is 7.51. The Morgan fingerprint density at radius 3 is 2.58 bits per heavy atom. The molecule has 38 heavy (non-hydrogen) atoms. The van der Waals surface area contributed by atoms with E-state index in [1.807, 2.05) is 48.5 Å². The van der Waals surface area contributed by atoms with Crippen molar-refractivity contribution >= 4 is 17.4 Å². The van der Waals surface area contributed by atoms with Gasteiger partial charge in [0.1, 0.15) is 11.6 Å².